The molecule has 0 spiro atoms. The summed E-state index contributed by atoms with van der Waals surface area (Å²) in [7, 11) is -1.77. The Morgan fingerprint density at radius 1 is 1.40 bits per heavy atom. The highest BCUT2D eigenvalue weighted by Crippen LogP contribution is 2.33. The third-order valence-corrected chi connectivity index (χ3v) is 3.36. The predicted molar refractivity (Wildman–Crippen MR) is 60.4 cm³/mol. The van der Waals surface area contributed by atoms with Crippen molar-refractivity contribution in [1.29, 1.82) is 0 Å². The Morgan fingerprint density at radius 3 is 2.60 bits per heavy atom. The van der Waals surface area contributed by atoms with Gasteiger partial charge in [0.1, 0.15) is 5.82 Å². The van der Waals surface area contributed by atoms with Crippen LogP contribution in [0.3, 0.4) is 0 Å². The molecule has 1 fully saturated rings. The first-order valence-corrected chi connectivity index (χ1v) is 5.72. The van der Waals surface area contributed by atoms with Crippen molar-refractivity contribution in [3.8, 4) is 0 Å². The zero-order valence-electron chi connectivity index (χ0n) is 8.08. The molecule has 0 saturated heterocycles. The molecule has 2 rings (SSSR count). The van der Waals surface area contributed by atoms with Crippen LogP contribution in [0, 0.1) is 11.7 Å². The Balaban J connectivity index is 2.34. The van der Waals surface area contributed by atoms with E-state index in [-0.39, 0.29) is 5.46 Å². The summed E-state index contributed by atoms with van der Waals surface area (Å²) in [6.45, 7) is 0. The molecule has 15 heavy (non-hydrogen) atoms. The van der Waals surface area contributed by atoms with E-state index in [1.165, 1.54) is 0 Å². The van der Waals surface area contributed by atoms with Crippen molar-refractivity contribution in [2.24, 2.45) is 5.92 Å². The molecule has 80 valence electrons. The molecule has 2 N–H and O–H groups in total. The average Bonchev–Trinajstić information content (AvgIpc) is 2.93. The fourth-order valence-corrected chi connectivity index (χ4v) is 2.15. The Morgan fingerprint density at radius 2 is 2.07 bits per heavy atom. The van der Waals surface area contributed by atoms with Crippen LogP contribution in [0.1, 0.15) is 18.4 Å². The molecule has 0 aromatic heterocycles. The van der Waals surface area contributed by atoms with Gasteiger partial charge < -0.3 is 10.0 Å². The van der Waals surface area contributed by atoms with Crippen LogP contribution >= 0.6 is 15.9 Å². The van der Waals surface area contributed by atoms with Crippen LogP contribution in [-0.2, 0) is 6.42 Å². The van der Waals surface area contributed by atoms with Crippen molar-refractivity contribution in [2.45, 2.75) is 19.3 Å². The second-order valence-electron chi connectivity index (χ2n) is 3.96. The van der Waals surface area contributed by atoms with Crippen molar-refractivity contribution >= 4 is 28.5 Å². The first-order valence-electron chi connectivity index (χ1n) is 4.92. The van der Waals surface area contributed by atoms with Gasteiger partial charge in [-0.05, 0) is 36.8 Å². The zero-order valence-corrected chi connectivity index (χ0v) is 9.67. The van der Waals surface area contributed by atoms with Crippen LogP contribution in [0.5, 0.6) is 0 Å². The smallest absolute Gasteiger partial charge is 0.423 e. The highest BCUT2D eigenvalue weighted by molar-refractivity contribution is 9.10. The van der Waals surface area contributed by atoms with Crippen molar-refractivity contribution in [1.82, 2.24) is 0 Å². The molecule has 1 saturated carbocycles. The Kier molecular flexibility index (Phi) is 3.14. The third kappa shape index (κ3) is 2.41. The van der Waals surface area contributed by atoms with Crippen LogP contribution < -0.4 is 5.46 Å². The van der Waals surface area contributed by atoms with Gasteiger partial charge in [0.25, 0.3) is 0 Å². The van der Waals surface area contributed by atoms with Crippen molar-refractivity contribution in [3.05, 3.63) is 28.0 Å². The van der Waals surface area contributed by atoms with E-state index in [1.807, 2.05) is 0 Å². The summed E-state index contributed by atoms with van der Waals surface area (Å²) in [4.78, 5) is 0. The Labute approximate surface area is 96.4 Å². The van der Waals surface area contributed by atoms with Gasteiger partial charge >= 0.3 is 7.12 Å². The fourth-order valence-electron chi connectivity index (χ4n) is 1.64. The first-order chi connectivity index (χ1) is 7.09. The van der Waals surface area contributed by atoms with Crippen molar-refractivity contribution < 1.29 is 14.4 Å². The average molecular weight is 273 g/mol. The largest absolute Gasteiger partial charge is 0.492 e. The van der Waals surface area contributed by atoms with E-state index >= 15 is 0 Å². The lowest BCUT2D eigenvalue weighted by Gasteiger charge is -2.09. The Hall–Kier alpha value is -0.385. The number of rotatable bonds is 3. The second kappa shape index (κ2) is 4.24. The molecule has 5 heteroatoms. The molecule has 0 radical (unpaired) electrons. The van der Waals surface area contributed by atoms with Gasteiger partial charge in [-0.25, -0.2) is 4.39 Å². The summed E-state index contributed by atoms with van der Waals surface area (Å²) in [5, 5.41) is 18.1. The van der Waals surface area contributed by atoms with Crippen LogP contribution in [-0.4, -0.2) is 17.2 Å². The molecule has 0 aliphatic heterocycles. The maximum atomic E-state index is 13.8. The van der Waals surface area contributed by atoms with E-state index in [9.17, 15) is 4.39 Å². The van der Waals surface area contributed by atoms with Gasteiger partial charge in [0.05, 0.1) is 0 Å². The van der Waals surface area contributed by atoms with Crippen molar-refractivity contribution in [3.63, 3.8) is 0 Å². The summed E-state index contributed by atoms with van der Waals surface area (Å²) in [6.07, 6.45) is 2.98. The lowest BCUT2D eigenvalue weighted by molar-refractivity contribution is 0.422. The van der Waals surface area contributed by atoms with E-state index in [2.05, 4.69) is 15.9 Å². The first kappa shape index (κ1) is 11.1. The molecule has 1 aliphatic carbocycles. The summed E-state index contributed by atoms with van der Waals surface area (Å²) in [5.74, 6) is 0.0793. The van der Waals surface area contributed by atoms with E-state index in [0.29, 0.717) is 22.4 Å². The Bertz CT molecular complexity index is 380. The maximum absolute atomic E-state index is 13.8. The highest BCUT2D eigenvalue weighted by atomic mass is 79.9. The predicted octanol–water partition coefficient (Wildman–Crippen LogP) is 1.22. The second-order valence-corrected chi connectivity index (χ2v) is 4.81. The van der Waals surface area contributed by atoms with Gasteiger partial charge in [-0.1, -0.05) is 22.0 Å². The molecule has 0 unspecified atom stereocenters. The number of hydrogen-bond acceptors (Lipinski definition) is 2. The minimum atomic E-state index is -1.77. The zero-order chi connectivity index (χ0) is 11.0. The summed E-state index contributed by atoms with van der Waals surface area (Å²) in [5.41, 5.74) is 0.511. The monoisotopic (exact) mass is 272 g/mol. The summed E-state index contributed by atoms with van der Waals surface area (Å²) >= 11 is 3.10. The summed E-state index contributed by atoms with van der Waals surface area (Å²) in [6, 6.07) is 3.36. The fraction of sp³-hybridized carbons (Fsp3) is 0.400. The van der Waals surface area contributed by atoms with E-state index in [1.54, 1.807) is 12.1 Å². The normalized spacial score (nSPS) is 15.5. The molecule has 0 bridgehead atoms. The maximum Gasteiger partial charge on any atom is 0.492 e. The van der Waals surface area contributed by atoms with Crippen LogP contribution in [0.4, 0.5) is 4.39 Å². The van der Waals surface area contributed by atoms with E-state index in [0.717, 1.165) is 12.8 Å². The highest BCUT2D eigenvalue weighted by Gasteiger charge is 2.27. The minimum Gasteiger partial charge on any atom is -0.423 e. The third-order valence-electron chi connectivity index (χ3n) is 2.67. The molecule has 0 amide bonds. The molecule has 1 aromatic carbocycles. The van der Waals surface area contributed by atoms with Gasteiger partial charge in [-0.2, -0.15) is 0 Å². The quantitative estimate of drug-likeness (QED) is 0.813. The lowest BCUT2D eigenvalue weighted by atomic mass is 9.78. The topological polar surface area (TPSA) is 40.5 Å². The molecule has 0 atom stereocenters. The molecule has 1 aromatic rings. The standard InChI is InChI=1S/C10H11BBrFO2/c12-8-4-3-7(5-6-1-2-6)10(13)9(8)11(14)15/h3-4,6,14-15H,1-2,5H2. The van der Waals surface area contributed by atoms with E-state index in [4.69, 9.17) is 10.0 Å². The van der Waals surface area contributed by atoms with Crippen LogP contribution in [0.15, 0.2) is 16.6 Å². The molecule has 2 nitrogen and oxygen atoms in total. The van der Waals surface area contributed by atoms with Crippen LogP contribution in [0.25, 0.3) is 0 Å². The molecule has 1 aliphatic rings. The summed E-state index contributed by atoms with van der Waals surface area (Å²) < 4.78 is 14.2. The number of benzene rings is 1. The number of halogens is 2. The van der Waals surface area contributed by atoms with Gasteiger partial charge in [0.2, 0.25) is 0 Å². The van der Waals surface area contributed by atoms with Crippen LogP contribution in [0.2, 0.25) is 0 Å². The van der Waals surface area contributed by atoms with Crippen molar-refractivity contribution in [2.75, 3.05) is 0 Å². The molecular formula is C10H11BBrFO2. The molecule has 0 heterocycles. The minimum absolute atomic E-state index is 0.0619. The lowest BCUT2D eigenvalue weighted by Crippen LogP contribution is -2.34. The van der Waals surface area contributed by atoms with Gasteiger partial charge in [0, 0.05) is 9.94 Å². The van der Waals surface area contributed by atoms with Gasteiger partial charge in [-0.3, -0.25) is 0 Å². The van der Waals surface area contributed by atoms with Gasteiger partial charge in [0.15, 0.2) is 0 Å². The van der Waals surface area contributed by atoms with E-state index < -0.39 is 12.9 Å². The van der Waals surface area contributed by atoms with Gasteiger partial charge in [-0.15, -0.1) is 0 Å². The molecular weight excluding hydrogens is 262 g/mol. The number of hydrogen-bond donors (Lipinski definition) is 2. The SMILES string of the molecule is OB(O)c1c(Br)ccc(CC2CC2)c1F.